The van der Waals surface area contributed by atoms with E-state index >= 15 is 0 Å². The van der Waals surface area contributed by atoms with Gasteiger partial charge in [0.2, 0.25) is 0 Å². The van der Waals surface area contributed by atoms with E-state index in [2.05, 4.69) is 10.5 Å². The Kier molecular flexibility index (Phi) is 5.43. The van der Waals surface area contributed by atoms with Gasteiger partial charge in [-0.15, -0.1) is 11.3 Å². The number of likely N-dealkylation sites (N-methyl/N-ethyl adjacent to an activating group) is 1. The van der Waals surface area contributed by atoms with Crippen molar-refractivity contribution >= 4 is 29.2 Å². The molecule has 2 rings (SSSR count). The number of benzene rings is 1. The molecule has 1 amide bonds. The summed E-state index contributed by atoms with van der Waals surface area (Å²) in [7, 11) is 1.51. The van der Waals surface area contributed by atoms with Crippen molar-refractivity contribution in [3.8, 4) is 0 Å². The van der Waals surface area contributed by atoms with Gasteiger partial charge in [0, 0.05) is 12.6 Å². The minimum Gasteiger partial charge on any atom is -0.391 e. The van der Waals surface area contributed by atoms with Crippen LogP contribution in [0.4, 0.5) is 0 Å². The predicted octanol–water partition coefficient (Wildman–Crippen LogP) is 2.72. The maximum Gasteiger partial charge on any atom is 0.270 e. The summed E-state index contributed by atoms with van der Waals surface area (Å²) >= 11 is 1.34. The first-order valence-corrected chi connectivity index (χ1v) is 7.59. The van der Waals surface area contributed by atoms with Crippen LogP contribution in [0.5, 0.6) is 0 Å². The second-order valence-electron chi connectivity index (χ2n) is 4.65. The molecule has 0 fully saturated rings. The zero-order valence-corrected chi connectivity index (χ0v) is 13.2. The zero-order valence-electron chi connectivity index (χ0n) is 12.4. The van der Waals surface area contributed by atoms with Gasteiger partial charge in [-0.3, -0.25) is 10.2 Å². The summed E-state index contributed by atoms with van der Waals surface area (Å²) < 4.78 is 0. The number of carbonyl (C=O) groups excluding carboxylic acids is 1. The number of hydrogen-bond acceptors (Lipinski definition) is 5. The number of amides is 1. The molecular weight excluding hydrogens is 298 g/mol. The Morgan fingerprint density at radius 3 is 3.00 bits per heavy atom. The molecule has 0 aliphatic rings. The molecule has 22 heavy (non-hydrogen) atoms. The van der Waals surface area contributed by atoms with E-state index in [0.717, 1.165) is 16.7 Å². The smallest absolute Gasteiger partial charge is 0.270 e. The highest BCUT2D eigenvalue weighted by Crippen LogP contribution is 2.18. The lowest BCUT2D eigenvalue weighted by molar-refractivity contribution is -0.114. The molecule has 0 aliphatic heterocycles. The second-order valence-corrected chi connectivity index (χ2v) is 5.57. The molecule has 1 aromatic carbocycles. The van der Waals surface area contributed by atoms with Gasteiger partial charge in [-0.25, -0.2) is 0 Å². The van der Waals surface area contributed by atoms with Crippen LogP contribution in [0, 0.1) is 12.3 Å². The Bertz CT molecular complexity index is 707. The topological polar surface area (TPSA) is 74.5 Å². The van der Waals surface area contributed by atoms with Gasteiger partial charge in [0.05, 0.1) is 11.1 Å². The van der Waals surface area contributed by atoms with Crippen molar-refractivity contribution in [3.63, 3.8) is 0 Å². The number of nitrogens with one attached hydrogen (secondary N) is 2. The van der Waals surface area contributed by atoms with Gasteiger partial charge >= 0.3 is 0 Å². The molecule has 1 aromatic heterocycles. The van der Waals surface area contributed by atoms with Gasteiger partial charge in [-0.05, 0) is 23.9 Å². The molecule has 5 nitrogen and oxygen atoms in total. The van der Waals surface area contributed by atoms with Crippen LogP contribution in [0.3, 0.4) is 0 Å². The fourth-order valence-electron chi connectivity index (χ4n) is 1.85. The lowest BCUT2D eigenvalue weighted by Gasteiger charge is -2.03. The lowest BCUT2D eigenvalue weighted by Crippen LogP contribution is -2.27. The SMILES string of the molecule is CNC(=O)C(=N)c1sccc1CON=Cc1cccc(C)c1. The van der Waals surface area contributed by atoms with Crippen molar-refractivity contribution < 1.29 is 9.63 Å². The van der Waals surface area contributed by atoms with Crippen molar-refractivity contribution in [3.05, 3.63) is 57.3 Å². The minimum absolute atomic E-state index is 0.0567. The highest BCUT2D eigenvalue weighted by atomic mass is 32.1. The molecular formula is C16H17N3O2S. The van der Waals surface area contributed by atoms with Gasteiger partial charge in [0.25, 0.3) is 5.91 Å². The average molecular weight is 315 g/mol. The molecule has 0 radical (unpaired) electrons. The summed E-state index contributed by atoms with van der Waals surface area (Å²) in [5.41, 5.74) is 2.84. The van der Waals surface area contributed by atoms with E-state index in [9.17, 15) is 4.79 Å². The quantitative estimate of drug-likeness (QED) is 0.635. The summed E-state index contributed by atoms with van der Waals surface area (Å²) in [5.74, 6) is -0.410. The largest absolute Gasteiger partial charge is 0.391 e. The molecule has 2 aromatic rings. The predicted molar refractivity (Wildman–Crippen MR) is 88.8 cm³/mol. The van der Waals surface area contributed by atoms with Crippen LogP contribution < -0.4 is 5.32 Å². The van der Waals surface area contributed by atoms with Crippen LogP contribution >= 0.6 is 11.3 Å². The van der Waals surface area contributed by atoms with E-state index in [1.54, 1.807) is 6.21 Å². The van der Waals surface area contributed by atoms with Crippen molar-refractivity contribution in [2.24, 2.45) is 5.16 Å². The first kappa shape index (κ1) is 15.9. The number of aryl methyl sites for hydroxylation is 1. The highest BCUT2D eigenvalue weighted by molar-refractivity contribution is 7.13. The van der Waals surface area contributed by atoms with E-state index in [0.29, 0.717) is 4.88 Å². The standard InChI is InChI=1S/C16H17N3O2S/c1-11-4-3-5-12(8-11)9-19-21-10-13-6-7-22-15(13)14(17)16(20)18-2/h3-9,17H,10H2,1-2H3,(H,18,20). The molecule has 0 bridgehead atoms. The monoisotopic (exact) mass is 315 g/mol. The second kappa shape index (κ2) is 7.51. The van der Waals surface area contributed by atoms with Crippen molar-refractivity contribution in [1.82, 2.24) is 5.32 Å². The Morgan fingerprint density at radius 1 is 1.45 bits per heavy atom. The van der Waals surface area contributed by atoms with Crippen molar-refractivity contribution in [2.75, 3.05) is 7.05 Å². The molecule has 2 N–H and O–H groups in total. The Hall–Kier alpha value is -2.47. The normalized spacial score (nSPS) is 10.6. The zero-order chi connectivity index (χ0) is 15.9. The molecule has 0 atom stereocenters. The van der Waals surface area contributed by atoms with Crippen molar-refractivity contribution in [1.29, 1.82) is 5.41 Å². The molecule has 0 aliphatic carbocycles. The fourth-order valence-corrected chi connectivity index (χ4v) is 2.71. The number of oxime groups is 1. The number of hydrogen-bond donors (Lipinski definition) is 2. The van der Waals surface area contributed by atoms with Crippen LogP contribution in [0.1, 0.15) is 21.6 Å². The third-order valence-electron chi connectivity index (χ3n) is 2.97. The van der Waals surface area contributed by atoms with E-state index in [4.69, 9.17) is 10.2 Å². The number of rotatable bonds is 6. The first-order valence-electron chi connectivity index (χ1n) is 6.71. The summed E-state index contributed by atoms with van der Waals surface area (Å²) in [6.07, 6.45) is 1.64. The van der Waals surface area contributed by atoms with Gasteiger partial charge < -0.3 is 10.2 Å². The molecule has 0 unspecified atom stereocenters. The van der Waals surface area contributed by atoms with E-state index in [1.165, 1.54) is 18.4 Å². The Labute approximate surface area is 133 Å². The van der Waals surface area contributed by atoms with E-state index in [1.807, 2.05) is 42.6 Å². The molecule has 114 valence electrons. The Morgan fingerprint density at radius 2 is 2.27 bits per heavy atom. The van der Waals surface area contributed by atoms with Crippen molar-refractivity contribution in [2.45, 2.75) is 13.5 Å². The molecule has 0 saturated carbocycles. The summed E-state index contributed by atoms with van der Waals surface area (Å²) in [6, 6.07) is 9.75. The number of thiophene rings is 1. The summed E-state index contributed by atoms with van der Waals surface area (Å²) in [6.45, 7) is 2.24. The van der Waals surface area contributed by atoms with Crippen LogP contribution in [0.25, 0.3) is 0 Å². The fraction of sp³-hybridized carbons (Fsp3) is 0.188. The average Bonchev–Trinajstić information content (AvgIpc) is 2.98. The highest BCUT2D eigenvalue weighted by Gasteiger charge is 2.15. The number of nitrogens with zero attached hydrogens (tertiary/aromatic N) is 1. The third kappa shape index (κ3) is 4.02. The number of carbonyl (C=O) groups is 1. The third-order valence-corrected chi connectivity index (χ3v) is 3.94. The molecule has 0 spiro atoms. The maximum atomic E-state index is 11.5. The van der Waals surface area contributed by atoms with Crippen LogP contribution in [-0.4, -0.2) is 24.9 Å². The molecule has 6 heteroatoms. The van der Waals surface area contributed by atoms with Gasteiger partial charge in [0.1, 0.15) is 12.3 Å². The van der Waals surface area contributed by atoms with Gasteiger partial charge in [-0.1, -0.05) is 35.0 Å². The lowest BCUT2D eigenvalue weighted by atomic mass is 10.2. The Balaban J connectivity index is 1.97. The van der Waals surface area contributed by atoms with Gasteiger partial charge in [-0.2, -0.15) is 0 Å². The first-order chi connectivity index (χ1) is 10.6. The summed E-state index contributed by atoms with van der Waals surface area (Å²) in [4.78, 5) is 17.4. The van der Waals surface area contributed by atoms with E-state index in [-0.39, 0.29) is 12.3 Å². The molecule has 0 saturated heterocycles. The van der Waals surface area contributed by atoms with Crippen LogP contribution in [0.15, 0.2) is 40.9 Å². The van der Waals surface area contributed by atoms with Gasteiger partial charge in [0.15, 0.2) is 0 Å². The van der Waals surface area contributed by atoms with Crippen LogP contribution in [-0.2, 0) is 16.2 Å². The van der Waals surface area contributed by atoms with Crippen LogP contribution in [0.2, 0.25) is 0 Å². The van der Waals surface area contributed by atoms with E-state index < -0.39 is 5.91 Å². The summed E-state index contributed by atoms with van der Waals surface area (Å²) in [5, 5.41) is 16.0. The minimum atomic E-state index is -0.410. The molecule has 1 heterocycles. The maximum absolute atomic E-state index is 11.5.